The van der Waals surface area contributed by atoms with Gasteiger partial charge in [0.25, 0.3) is 0 Å². The van der Waals surface area contributed by atoms with Crippen LogP contribution in [0.25, 0.3) is 11.4 Å². The minimum Gasteiger partial charge on any atom is -0.297 e. The van der Waals surface area contributed by atoms with E-state index in [0.717, 1.165) is 42.4 Å². The summed E-state index contributed by atoms with van der Waals surface area (Å²) in [5, 5.41) is 4.77. The maximum absolute atomic E-state index is 13.5. The zero-order valence-corrected chi connectivity index (χ0v) is 19.3. The largest absolute Gasteiger partial charge is 0.297 e. The van der Waals surface area contributed by atoms with Gasteiger partial charge in [-0.05, 0) is 55.4 Å². The van der Waals surface area contributed by atoms with E-state index in [4.69, 9.17) is 17.3 Å². The van der Waals surface area contributed by atoms with Crippen LogP contribution in [0.5, 0.6) is 0 Å². The van der Waals surface area contributed by atoms with Crippen molar-refractivity contribution < 1.29 is 17.2 Å². The lowest BCUT2D eigenvalue weighted by molar-refractivity contribution is 0.144. The van der Waals surface area contributed by atoms with Gasteiger partial charge < -0.3 is 0 Å². The first-order chi connectivity index (χ1) is 15.8. The van der Waals surface area contributed by atoms with Crippen molar-refractivity contribution in [2.75, 3.05) is 26.2 Å². The van der Waals surface area contributed by atoms with Crippen LogP contribution in [-0.4, -0.2) is 63.1 Å². The van der Waals surface area contributed by atoms with E-state index in [1.165, 1.54) is 4.31 Å². The molecule has 0 spiro atoms. The zero-order chi connectivity index (χ0) is 23.2. The summed E-state index contributed by atoms with van der Waals surface area (Å²) in [7, 11) is -3.90. The number of nitrogens with zero attached hydrogens (tertiary/aromatic N) is 6. The molecule has 3 heterocycles. The van der Waals surface area contributed by atoms with Gasteiger partial charge in [-0.3, -0.25) is 14.5 Å². The van der Waals surface area contributed by atoms with Crippen LogP contribution < -0.4 is 0 Å². The average molecular weight is 493 g/mol. The van der Waals surface area contributed by atoms with Gasteiger partial charge in [-0.25, -0.2) is 21.9 Å². The quantitative estimate of drug-likeness (QED) is 0.493. The molecule has 12 heteroatoms. The van der Waals surface area contributed by atoms with Gasteiger partial charge in [0.1, 0.15) is 0 Å². The number of aromatic nitrogens is 4. The highest BCUT2D eigenvalue weighted by molar-refractivity contribution is 7.89. The van der Waals surface area contributed by atoms with E-state index in [2.05, 4.69) is 14.5 Å². The second-order valence-electron chi connectivity index (χ2n) is 8.18. The van der Waals surface area contributed by atoms with Crippen LogP contribution in [0, 0.1) is 16.4 Å². The van der Waals surface area contributed by atoms with E-state index in [0.29, 0.717) is 30.6 Å². The first-order valence-electron chi connectivity index (χ1n) is 10.6. The fraction of sp³-hybridized carbons (Fsp3) is 0.381. The van der Waals surface area contributed by atoms with Gasteiger partial charge in [-0.15, -0.1) is 0 Å². The van der Waals surface area contributed by atoms with Crippen molar-refractivity contribution in [3.8, 4) is 11.4 Å². The topological polar surface area (TPSA) is 76.3 Å². The third kappa shape index (κ3) is 4.35. The molecular weight excluding hydrogens is 470 g/mol. The minimum atomic E-state index is -3.90. The Balaban J connectivity index is 1.31. The van der Waals surface area contributed by atoms with Crippen LogP contribution >= 0.6 is 12.2 Å². The fourth-order valence-electron chi connectivity index (χ4n) is 3.96. The van der Waals surface area contributed by atoms with Gasteiger partial charge in [0.2, 0.25) is 10.0 Å². The molecule has 2 aromatic heterocycles. The molecule has 0 atom stereocenters. The molecule has 0 N–H and O–H groups in total. The van der Waals surface area contributed by atoms with Crippen molar-refractivity contribution in [2.45, 2.75) is 30.4 Å². The van der Waals surface area contributed by atoms with Gasteiger partial charge in [-0.2, -0.15) is 9.40 Å². The molecule has 2 fully saturated rings. The molecule has 0 bridgehead atoms. The van der Waals surface area contributed by atoms with Gasteiger partial charge in [0, 0.05) is 50.2 Å². The molecule has 1 saturated carbocycles. The van der Waals surface area contributed by atoms with E-state index < -0.39 is 21.7 Å². The van der Waals surface area contributed by atoms with E-state index in [9.17, 15) is 17.2 Å². The predicted octanol–water partition coefficient (Wildman–Crippen LogP) is 3.05. The molecule has 1 aliphatic heterocycles. The summed E-state index contributed by atoms with van der Waals surface area (Å²) < 4.78 is 58.2. The summed E-state index contributed by atoms with van der Waals surface area (Å²) in [6, 6.07) is 6.81. The second kappa shape index (κ2) is 8.67. The summed E-state index contributed by atoms with van der Waals surface area (Å²) in [6.45, 7) is 1.83. The smallest absolute Gasteiger partial charge is 0.243 e. The van der Waals surface area contributed by atoms with Gasteiger partial charge in [0.05, 0.1) is 11.6 Å². The Morgan fingerprint density at radius 1 is 1.00 bits per heavy atom. The maximum atomic E-state index is 13.5. The first kappa shape index (κ1) is 22.3. The minimum absolute atomic E-state index is 0.231. The Labute approximate surface area is 195 Å². The van der Waals surface area contributed by atoms with Gasteiger partial charge in [0.15, 0.2) is 22.2 Å². The van der Waals surface area contributed by atoms with Crippen LogP contribution in [0.3, 0.4) is 0 Å². The number of rotatable bonds is 6. The summed E-state index contributed by atoms with van der Waals surface area (Å²) in [5.41, 5.74) is 0.948. The highest BCUT2D eigenvalue weighted by Gasteiger charge is 2.31. The summed E-state index contributed by atoms with van der Waals surface area (Å²) in [5.74, 6) is -1.45. The molecule has 1 saturated heterocycles. The average Bonchev–Trinajstić information content (AvgIpc) is 3.60. The van der Waals surface area contributed by atoms with E-state index >= 15 is 0 Å². The lowest BCUT2D eigenvalue weighted by Gasteiger charge is -2.33. The van der Waals surface area contributed by atoms with Crippen LogP contribution in [0.2, 0.25) is 0 Å². The van der Waals surface area contributed by atoms with Crippen molar-refractivity contribution in [3.05, 3.63) is 59.1 Å². The molecule has 0 amide bonds. The Hall–Kier alpha value is -2.54. The maximum Gasteiger partial charge on any atom is 0.243 e. The Morgan fingerprint density at radius 3 is 2.33 bits per heavy atom. The molecule has 3 aromatic rings. The van der Waals surface area contributed by atoms with Crippen molar-refractivity contribution in [1.82, 2.24) is 28.5 Å². The van der Waals surface area contributed by atoms with Crippen molar-refractivity contribution in [1.29, 1.82) is 0 Å². The molecule has 0 radical (unpaired) electrons. The third-order valence-corrected chi connectivity index (χ3v) is 8.22. The van der Waals surface area contributed by atoms with Gasteiger partial charge >= 0.3 is 0 Å². The number of hydrogen-bond donors (Lipinski definition) is 0. The summed E-state index contributed by atoms with van der Waals surface area (Å²) in [4.78, 5) is 5.90. The van der Waals surface area contributed by atoms with Crippen LogP contribution in [-0.2, 0) is 16.7 Å². The van der Waals surface area contributed by atoms with Crippen LogP contribution in [0.15, 0.2) is 47.6 Å². The normalized spacial score (nSPS) is 18.0. The predicted molar refractivity (Wildman–Crippen MR) is 119 cm³/mol. The standard InChI is InChI=1S/C21H22F2N6O2S2/c22-18-4-3-17(13-19(18)23)33(30,31)27-11-9-26(10-12-27)14-28-21(32)29(16-1-2-16)20(25-28)15-5-7-24-8-6-15/h3-8,13,16H,1-2,9-12,14H2. The molecular formula is C21H22F2N6O2S2. The Bertz CT molecular complexity index is 1330. The van der Waals surface area contributed by atoms with Crippen molar-refractivity contribution in [3.63, 3.8) is 0 Å². The molecule has 2 aliphatic rings. The Morgan fingerprint density at radius 2 is 1.70 bits per heavy atom. The number of sulfonamides is 1. The molecule has 0 unspecified atom stereocenters. The van der Waals surface area contributed by atoms with E-state index in [-0.39, 0.29) is 18.0 Å². The zero-order valence-electron chi connectivity index (χ0n) is 17.6. The third-order valence-electron chi connectivity index (χ3n) is 5.92. The van der Waals surface area contributed by atoms with Gasteiger partial charge in [-0.1, -0.05) is 0 Å². The molecule has 1 aliphatic carbocycles. The van der Waals surface area contributed by atoms with Crippen LogP contribution in [0.4, 0.5) is 8.78 Å². The van der Waals surface area contributed by atoms with Crippen molar-refractivity contribution >= 4 is 22.2 Å². The highest BCUT2D eigenvalue weighted by Crippen LogP contribution is 2.38. The summed E-state index contributed by atoms with van der Waals surface area (Å²) in [6.07, 6.45) is 5.58. The second-order valence-corrected chi connectivity index (χ2v) is 10.5. The fourth-order valence-corrected chi connectivity index (χ4v) is 5.73. The highest BCUT2D eigenvalue weighted by atomic mass is 32.2. The van der Waals surface area contributed by atoms with Crippen LogP contribution in [0.1, 0.15) is 18.9 Å². The lowest BCUT2D eigenvalue weighted by atomic mass is 10.2. The number of benzene rings is 1. The number of pyridine rings is 1. The lowest BCUT2D eigenvalue weighted by Crippen LogP contribution is -2.49. The molecule has 33 heavy (non-hydrogen) atoms. The number of halogens is 2. The molecule has 1 aromatic carbocycles. The van der Waals surface area contributed by atoms with Crippen molar-refractivity contribution in [2.24, 2.45) is 0 Å². The number of piperazine rings is 1. The number of hydrogen-bond acceptors (Lipinski definition) is 6. The molecule has 174 valence electrons. The monoisotopic (exact) mass is 492 g/mol. The first-order valence-corrected chi connectivity index (χ1v) is 12.5. The van der Waals surface area contributed by atoms with E-state index in [1.54, 1.807) is 17.1 Å². The molecule has 8 nitrogen and oxygen atoms in total. The SMILES string of the molecule is O=S(=O)(c1ccc(F)c(F)c1)N1CCN(Cn2nc(-c3ccncc3)n(C3CC3)c2=S)CC1. The van der Waals surface area contributed by atoms with E-state index in [1.807, 2.05) is 12.1 Å². The Kier molecular flexibility index (Phi) is 5.85. The molecule has 5 rings (SSSR count). The summed E-state index contributed by atoms with van der Waals surface area (Å²) >= 11 is 5.72.